The number of benzene rings is 2. The minimum atomic E-state index is -0.691. The van der Waals surface area contributed by atoms with Crippen LogP contribution < -0.4 is 5.43 Å². The normalized spacial score (nSPS) is 12.2. The van der Waals surface area contributed by atoms with Crippen LogP contribution in [0.15, 0.2) is 71.4 Å². The van der Waals surface area contributed by atoms with Crippen LogP contribution >= 0.6 is 0 Å². The highest BCUT2D eigenvalue weighted by atomic mass is 16.6. The largest absolute Gasteiger partial charge is 0.301 e. The number of rotatable bonds is 7. The van der Waals surface area contributed by atoms with Gasteiger partial charge in [0.1, 0.15) is 5.69 Å². The Kier molecular flexibility index (Phi) is 6.54. The molecule has 2 aromatic rings. The molecule has 0 fully saturated rings. The van der Waals surface area contributed by atoms with E-state index in [1.165, 1.54) is 12.1 Å². The lowest BCUT2D eigenvalue weighted by atomic mass is 10.1. The molecule has 0 saturated carbocycles. The Morgan fingerprint density at radius 3 is 2.37 bits per heavy atom. The van der Waals surface area contributed by atoms with E-state index in [2.05, 4.69) is 10.5 Å². The van der Waals surface area contributed by atoms with Crippen LogP contribution in [0.4, 0.5) is 17.1 Å². The van der Waals surface area contributed by atoms with Crippen LogP contribution in [-0.2, 0) is 0 Å². The van der Waals surface area contributed by atoms with Gasteiger partial charge in [0.2, 0.25) is 0 Å². The fraction of sp³-hybridized carbons (Fsp3) is 0.105. The lowest BCUT2D eigenvalue weighted by Gasteiger charge is -2.03. The zero-order valence-electron chi connectivity index (χ0n) is 14.8. The van der Waals surface area contributed by atoms with Gasteiger partial charge < -0.3 is 0 Å². The Morgan fingerprint density at radius 1 is 1.04 bits per heavy atom. The molecule has 0 atom stereocenters. The highest BCUT2D eigenvalue weighted by Gasteiger charge is 2.19. The Morgan fingerprint density at radius 2 is 1.74 bits per heavy atom. The molecule has 0 bridgehead atoms. The van der Waals surface area contributed by atoms with Crippen molar-refractivity contribution in [3.8, 4) is 0 Å². The average Bonchev–Trinajstić information content (AvgIpc) is 2.65. The van der Waals surface area contributed by atoms with Gasteiger partial charge in [-0.25, -0.2) is 0 Å². The van der Waals surface area contributed by atoms with Crippen LogP contribution in [0.2, 0.25) is 0 Å². The maximum atomic E-state index is 11.1. The maximum Gasteiger partial charge on any atom is 0.301 e. The van der Waals surface area contributed by atoms with Crippen LogP contribution in [0.5, 0.6) is 0 Å². The van der Waals surface area contributed by atoms with E-state index in [4.69, 9.17) is 0 Å². The molecule has 0 heterocycles. The van der Waals surface area contributed by atoms with Crippen molar-refractivity contribution in [2.75, 3.05) is 5.43 Å². The second kappa shape index (κ2) is 9.04. The van der Waals surface area contributed by atoms with Gasteiger partial charge in [-0.05, 0) is 37.1 Å². The Labute approximate surface area is 155 Å². The quantitative estimate of drug-likeness (QED) is 0.322. The second-order valence-corrected chi connectivity index (χ2v) is 5.71. The van der Waals surface area contributed by atoms with Gasteiger partial charge >= 0.3 is 5.69 Å². The van der Waals surface area contributed by atoms with Crippen LogP contribution in [0.1, 0.15) is 19.4 Å². The Hall–Kier alpha value is -3.81. The first kappa shape index (κ1) is 19.5. The second-order valence-electron chi connectivity index (χ2n) is 5.71. The van der Waals surface area contributed by atoms with E-state index in [-0.39, 0.29) is 11.4 Å². The first-order valence-electron chi connectivity index (χ1n) is 8.01. The molecule has 138 valence electrons. The van der Waals surface area contributed by atoms with Gasteiger partial charge in [-0.1, -0.05) is 42.5 Å². The molecule has 0 radical (unpaired) electrons. The topological polar surface area (TPSA) is 111 Å². The van der Waals surface area contributed by atoms with Gasteiger partial charge in [0.05, 0.1) is 21.6 Å². The summed E-state index contributed by atoms with van der Waals surface area (Å²) in [5.41, 5.74) is 4.52. The van der Waals surface area contributed by atoms with Crippen molar-refractivity contribution in [1.82, 2.24) is 0 Å². The zero-order valence-corrected chi connectivity index (χ0v) is 14.8. The third kappa shape index (κ3) is 5.89. The molecule has 8 heteroatoms. The van der Waals surface area contributed by atoms with Gasteiger partial charge in [-0.15, -0.1) is 0 Å². The van der Waals surface area contributed by atoms with E-state index in [0.29, 0.717) is 5.71 Å². The number of nitrogens with zero attached hydrogens (tertiary/aromatic N) is 3. The van der Waals surface area contributed by atoms with Crippen LogP contribution in [0.25, 0.3) is 6.08 Å². The smallest absolute Gasteiger partial charge is 0.271 e. The Bertz CT molecular complexity index is 934. The third-order valence-electron chi connectivity index (χ3n) is 3.52. The van der Waals surface area contributed by atoms with Crippen molar-refractivity contribution in [1.29, 1.82) is 0 Å². The molecule has 27 heavy (non-hydrogen) atoms. The highest BCUT2D eigenvalue weighted by molar-refractivity contribution is 5.94. The fourth-order valence-electron chi connectivity index (χ4n) is 2.23. The minimum absolute atomic E-state index is 0.0795. The van der Waals surface area contributed by atoms with Crippen molar-refractivity contribution in [2.24, 2.45) is 5.10 Å². The molecule has 2 aromatic carbocycles. The van der Waals surface area contributed by atoms with E-state index in [1.807, 2.05) is 55.5 Å². The van der Waals surface area contributed by atoms with Crippen LogP contribution in [0.3, 0.4) is 0 Å². The molecule has 0 aromatic heterocycles. The highest BCUT2D eigenvalue weighted by Crippen LogP contribution is 2.28. The monoisotopic (exact) mass is 366 g/mol. The van der Waals surface area contributed by atoms with E-state index < -0.39 is 15.5 Å². The van der Waals surface area contributed by atoms with Gasteiger partial charge in [-0.3, -0.25) is 25.7 Å². The van der Waals surface area contributed by atoms with E-state index in [9.17, 15) is 20.2 Å². The summed E-state index contributed by atoms with van der Waals surface area (Å²) in [5.74, 6) is 0. The number of hydrazone groups is 1. The third-order valence-corrected chi connectivity index (χ3v) is 3.52. The van der Waals surface area contributed by atoms with Crippen LogP contribution in [-0.4, -0.2) is 15.6 Å². The Balaban J connectivity index is 2.13. The molecule has 0 aliphatic carbocycles. The summed E-state index contributed by atoms with van der Waals surface area (Å²) in [6, 6.07) is 13.2. The van der Waals surface area contributed by atoms with E-state index >= 15 is 0 Å². The molecule has 1 N–H and O–H groups in total. The van der Waals surface area contributed by atoms with Crippen molar-refractivity contribution >= 4 is 28.8 Å². The number of nitrogens with one attached hydrogen (secondary N) is 1. The van der Waals surface area contributed by atoms with Gasteiger partial charge in [0.25, 0.3) is 5.69 Å². The average molecular weight is 366 g/mol. The minimum Gasteiger partial charge on any atom is -0.271 e. The maximum absolute atomic E-state index is 11.1. The van der Waals surface area contributed by atoms with Gasteiger partial charge in [-0.2, -0.15) is 5.10 Å². The number of anilines is 1. The molecule has 0 spiro atoms. The summed E-state index contributed by atoms with van der Waals surface area (Å²) in [4.78, 5) is 20.5. The molecule has 0 saturated heterocycles. The number of nitro groups is 2. The fourth-order valence-corrected chi connectivity index (χ4v) is 2.23. The summed E-state index contributed by atoms with van der Waals surface area (Å²) in [5, 5.41) is 26.0. The molecule has 8 nitrogen and oxygen atoms in total. The van der Waals surface area contributed by atoms with E-state index in [1.54, 1.807) is 6.92 Å². The summed E-state index contributed by atoms with van der Waals surface area (Å²) >= 11 is 0. The SMILES string of the molecule is CC(=C/C(C)=N\Nc1ccc([N+](=O)[O-])cc1[N+](=O)[O-])/C=C/c1ccccc1. The molecule has 2 rings (SSSR count). The van der Waals surface area contributed by atoms with Crippen LogP contribution in [0, 0.1) is 20.2 Å². The molecular weight excluding hydrogens is 348 g/mol. The summed E-state index contributed by atoms with van der Waals surface area (Å²) < 4.78 is 0. The van der Waals surface area contributed by atoms with Crippen molar-refractivity contribution in [2.45, 2.75) is 13.8 Å². The number of nitro benzene ring substituents is 2. The van der Waals surface area contributed by atoms with Crippen molar-refractivity contribution in [3.63, 3.8) is 0 Å². The molecular formula is C19H18N4O4. The van der Waals surface area contributed by atoms with Crippen molar-refractivity contribution in [3.05, 3.63) is 92.0 Å². The molecule has 0 unspecified atom stereocenters. The predicted octanol–water partition coefficient (Wildman–Crippen LogP) is 4.95. The number of hydrogen-bond acceptors (Lipinski definition) is 6. The van der Waals surface area contributed by atoms with E-state index in [0.717, 1.165) is 17.2 Å². The summed E-state index contributed by atoms with van der Waals surface area (Å²) in [6.07, 6.45) is 5.71. The summed E-state index contributed by atoms with van der Waals surface area (Å²) in [7, 11) is 0. The first-order chi connectivity index (χ1) is 12.9. The molecule has 0 amide bonds. The predicted molar refractivity (Wildman–Crippen MR) is 106 cm³/mol. The van der Waals surface area contributed by atoms with Gasteiger partial charge in [0.15, 0.2) is 0 Å². The first-order valence-corrected chi connectivity index (χ1v) is 8.01. The number of hydrogen-bond donors (Lipinski definition) is 1. The van der Waals surface area contributed by atoms with Gasteiger partial charge in [0, 0.05) is 6.07 Å². The number of non-ortho nitro benzene ring substituents is 1. The number of allylic oxidation sites excluding steroid dienone is 3. The lowest BCUT2D eigenvalue weighted by molar-refractivity contribution is -0.393. The lowest BCUT2D eigenvalue weighted by Crippen LogP contribution is -2.00. The standard InChI is InChI=1S/C19H18N4O4/c1-14(8-9-16-6-4-3-5-7-16)12-15(2)20-21-18-11-10-17(22(24)25)13-19(18)23(26)27/h3-13,21H,1-2H3/b9-8+,14-12-,20-15-. The van der Waals surface area contributed by atoms with Crippen molar-refractivity contribution < 1.29 is 9.85 Å². The molecule has 0 aliphatic heterocycles. The molecule has 0 aliphatic rings. The zero-order chi connectivity index (χ0) is 19.8. The summed E-state index contributed by atoms with van der Waals surface area (Å²) in [6.45, 7) is 3.65.